The molecule has 1 heterocycles. The number of amidine groups is 1. The fourth-order valence-corrected chi connectivity index (χ4v) is 3.67. The van der Waals surface area contributed by atoms with Gasteiger partial charge in [-0.15, -0.1) is 10.6 Å². The Morgan fingerprint density at radius 1 is 0.886 bits per heavy atom. The van der Waals surface area contributed by atoms with Gasteiger partial charge in [0, 0.05) is 23.4 Å². The van der Waals surface area contributed by atoms with E-state index in [9.17, 15) is 19.5 Å². The van der Waals surface area contributed by atoms with E-state index >= 15 is 0 Å². The molecule has 35 heavy (non-hydrogen) atoms. The van der Waals surface area contributed by atoms with Gasteiger partial charge < -0.3 is 15.7 Å². The Hall–Kier alpha value is -4.96. The first-order chi connectivity index (χ1) is 17.0. The molecular formula is C25H20N6O4. The molecule has 0 fully saturated rings. The highest BCUT2D eigenvalue weighted by atomic mass is 16.3. The molecule has 0 bridgehead atoms. The number of nitrogens with one attached hydrogen (secondary N) is 5. The van der Waals surface area contributed by atoms with Crippen molar-refractivity contribution in [2.45, 2.75) is 6.54 Å². The van der Waals surface area contributed by atoms with Gasteiger partial charge in [0.1, 0.15) is 5.69 Å². The van der Waals surface area contributed by atoms with Crippen LogP contribution in [0.15, 0.2) is 87.5 Å². The van der Waals surface area contributed by atoms with Crippen LogP contribution in [-0.4, -0.2) is 16.8 Å². The molecule has 1 amide bonds. The molecule has 0 unspecified atom stereocenters. The summed E-state index contributed by atoms with van der Waals surface area (Å²) in [5.74, 6) is -0.276. The van der Waals surface area contributed by atoms with Crippen LogP contribution in [0.1, 0.15) is 21.5 Å². The zero-order chi connectivity index (χ0) is 24.4. The van der Waals surface area contributed by atoms with E-state index in [1.54, 1.807) is 24.3 Å². The lowest BCUT2D eigenvalue weighted by Gasteiger charge is -2.13. The first kappa shape index (κ1) is 21.9. The summed E-state index contributed by atoms with van der Waals surface area (Å²) < 4.78 is 0. The number of hydrogen-bond donors (Lipinski definition) is 6. The zero-order valence-electron chi connectivity index (χ0n) is 18.3. The monoisotopic (exact) mass is 468 g/mol. The molecule has 0 saturated heterocycles. The average molecular weight is 468 g/mol. The minimum absolute atomic E-state index is 0.152. The van der Waals surface area contributed by atoms with Gasteiger partial charge in [-0.2, -0.15) is 0 Å². The van der Waals surface area contributed by atoms with E-state index in [2.05, 4.69) is 32.2 Å². The topological polar surface area (TPSA) is 144 Å². The third-order valence-electron chi connectivity index (χ3n) is 5.54. The molecule has 6 N–H and O–H groups in total. The van der Waals surface area contributed by atoms with Crippen LogP contribution in [0.25, 0.3) is 11.1 Å². The van der Waals surface area contributed by atoms with Gasteiger partial charge in [-0.3, -0.25) is 19.8 Å². The van der Waals surface area contributed by atoms with Gasteiger partial charge in [0.25, 0.3) is 16.8 Å². The van der Waals surface area contributed by atoms with Crippen molar-refractivity contribution in [2.75, 3.05) is 5.32 Å². The third kappa shape index (κ3) is 4.45. The number of hydrazine groups is 2. The molecule has 4 aromatic rings. The highest BCUT2D eigenvalue weighted by molar-refractivity contribution is 6.01. The number of nitrogens with zero attached hydrogens (tertiary/aromatic N) is 1. The van der Waals surface area contributed by atoms with E-state index in [1.165, 1.54) is 0 Å². The lowest BCUT2D eigenvalue weighted by atomic mass is 10.00. The Bertz CT molecular complexity index is 1510. The van der Waals surface area contributed by atoms with Crippen LogP contribution >= 0.6 is 0 Å². The molecule has 174 valence electrons. The van der Waals surface area contributed by atoms with E-state index in [4.69, 9.17) is 0 Å². The van der Waals surface area contributed by atoms with E-state index in [-0.39, 0.29) is 11.6 Å². The number of aromatic hydroxyl groups is 1. The highest BCUT2D eigenvalue weighted by Gasteiger charge is 2.21. The molecule has 10 nitrogen and oxygen atoms in total. The summed E-state index contributed by atoms with van der Waals surface area (Å²) in [6.07, 6.45) is 0. The van der Waals surface area contributed by atoms with Gasteiger partial charge in [0.05, 0.1) is 0 Å². The van der Waals surface area contributed by atoms with Crippen LogP contribution in [0, 0.1) is 0 Å². The number of benzene rings is 3. The highest BCUT2D eigenvalue weighted by Crippen LogP contribution is 2.29. The van der Waals surface area contributed by atoms with Crippen molar-refractivity contribution < 1.29 is 9.90 Å². The molecular weight excluding hydrogens is 448 g/mol. The summed E-state index contributed by atoms with van der Waals surface area (Å²) >= 11 is 0. The minimum Gasteiger partial charge on any atom is -0.502 e. The number of amides is 1. The second kappa shape index (κ2) is 9.12. The van der Waals surface area contributed by atoms with Gasteiger partial charge in [-0.1, -0.05) is 42.5 Å². The molecule has 0 atom stereocenters. The van der Waals surface area contributed by atoms with Gasteiger partial charge in [-0.05, 0) is 47.0 Å². The Kier molecular flexibility index (Phi) is 5.70. The SMILES string of the molecule is O=C(NCc1ccccc1)c1ccc(-c2cc(Nc3c(O)c(=O)c3=O)cc(C3=NNNN3)c2)cc1. The standard InChI is InChI=1S/C25H20N6O4/c32-21-20(22(33)23(21)34)27-19-11-17(10-18(12-19)24-28-30-31-29-24)15-6-8-16(9-7-15)25(35)26-13-14-4-2-1-3-5-14/h1-12,27,30-32H,13H2,(H,26,35)(H,28,29). The summed E-state index contributed by atoms with van der Waals surface area (Å²) in [5.41, 5.74) is 10.5. The van der Waals surface area contributed by atoms with E-state index in [0.29, 0.717) is 29.2 Å². The maximum absolute atomic E-state index is 12.5. The molecule has 0 saturated carbocycles. The summed E-state index contributed by atoms with van der Waals surface area (Å²) in [5, 5.41) is 19.5. The van der Waals surface area contributed by atoms with Crippen LogP contribution < -0.4 is 38.0 Å². The largest absolute Gasteiger partial charge is 0.502 e. The van der Waals surface area contributed by atoms with Crippen molar-refractivity contribution in [1.82, 2.24) is 21.8 Å². The second-order valence-electron chi connectivity index (χ2n) is 7.87. The number of anilines is 2. The predicted molar refractivity (Wildman–Crippen MR) is 132 cm³/mol. The minimum atomic E-state index is -0.916. The van der Waals surface area contributed by atoms with Crippen LogP contribution in [0.4, 0.5) is 11.4 Å². The Morgan fingerprint density at radius 3 is 2.31 bits per heavy atom. The van der Waals surface area contributed by atoms with Crippen molar-refractivity contribution in [3.05, 3.63) is 110 Å². The van der Waals surface area contributed by atoms with Crippen LogP contribution in [-0.2, 0) is 6.54 Å². The molecule has 0 spiro atoms. The predicted octanol–water partition coefficient (Wildman–Crippen LogP) is 1.60. The zero-order valence-corrected chi connectivity index (χ0v) is 18.3. The van der Waals surface area contributed by atoms with Crippen LogP contribution in [0.5, 0.6) is 5.75 Å². The van der Waals surface area contributed by atoms with Crippen molar-refractivity contribution >= 4 is 23.1 Å². The lowest BCUT2D eigenvalue weighted by molar-refractivity contribution is 0.0951. The Balaban J connectivity index is 1.40. The number of carbonyl (C=O) groups excluding carboxylic acids is 1. The fourth-order valence-electron chi connectivity index (χ4n) is 3.67. The summed E-state index contributed by atoms with van der Waals surface area (Å²) in [6.45, 7) is 0.430. The molecule has 4 aromatic carbocycles. The van der Waals surface area contributed by atoms with Gasteiger partial charge in [-0.25, -0.2) is 5.53 Å². The third-order valence-corrected chi connectivity index (χ3v) is 5.54. The van der Waals surface area contributed by atoms with Crippen molar-refractivity contribution in [3.63, 3.8) is 0 Å². The maximum Gasteiger partial charge on any atom is 0.271 e. The van der Waals surface area contributed by atoms with Crippen molar-refractivity contribution in [2.24, 2.45) is 5.10 Å². The number of hydrogen-bond acceptors (Lipinski definition) is 9. The smallest absolute Gasteiger partial charge is 0.271 e. The molecule has 1 aliphatic rings. The normalized spacial score (nSPS) is 12.5. The van der Waals surface area contributed by atoms with Crippen molar-refractivity contribution in [3.8, 4) is 16.9 Å². The molecule has 1 aliphatic heterocycles. The molecule has 0 aliphatic carbocycles. The van der Waals surface area contributed by atoms with Crippen molar-refractivity contribution in [1.29, 1.82) is 0 Å². The van der Waals surface area contributed by atoms with Crippen LogP contribution in [0.2, 0.25) is 0 Å². The first-order valence-electron chi connectivity index (χ1n) is 10.7. The van der Waals surface area contributed by atoms with Gasteiger partial charge >= 0.3 is 0 Å². The Morgan fingerprint density at radius 2 is 1.63 bits per heavy atom. The molecule has 10 heteroatoms. The summed E-state index contributed by atoms with van der Waals surface area (Å²) in [4.78, 5) is 35.7. The van der Waals surface area contributed by atoms with E-state index in [0.717, 1.165) is 16.7 Å². The maximum atomic E-state index is 12.5. The summed E-state index contributed by atoms with van der Waals surface area (Å²) in [6, 6.07) is 22.1. The number of rotatable bonds is 7. The number of hydrazone groups is 1. The summed E-state index contributed by atoms with van der Waals surface area (Å²) in [7, 11) is 0. The molecule has 0 aromatic heterocycles. The number of carbonyl (C=O) groups is 1. The second-order valence-corrected chi connectivity index (χ2v) is 7.87. The lowest BCUT2D eigenvalue weighted by Crippen LogP contribution is -2.35. The average Bonchev–Trinajstić information content (AvgIpc) is 3.45. The fraction of sp³-hybridized carbons (Fsp3) is 0.0400. The van der Waals surface area contributed by atoms with Crippen LogP contribution in [0.3, 0.4) is 0 Å². The van der Waals surface area contributed by atoms with Gasteiger partial charge in [0.15, 0.2) is 11.6 Å². The molecule has 5 rings (SSSR count). The Labute approximate surface area is 199 Å². The molecule has 0 radical (unpaired) electrons. The van der Waals surface area contributed by atoms with E-state index in [1.807, 2.05) is 48.5 Å². The van der Waals surface area contributed by atoms with E-state index < -0.39 is 16.6 Å². The van der Waals surface area contributed by atoms with Gasteiger partial charge in [0.2, 0.25) is 0 Å². The quantitative estimate of drug-likeness (QED) is 0.225. The first-order valence-corrected chi connectivity index (χ1v) is 10.7.